The molecule has 1 amide bonds. The second-order valence-electron chi connectivity index (χ2n) is 4.47. The van der Waals surface area contributed by atoms with Gasteiger partial charge in [-0.1, -0.05) is 0 Å². The van der Waals surface area contributed by atoms with E-state index >= 15 is 0 Å². The Bertz CT molecular complexity index is 920. The molecule has 0 fully saturated rings. The minimum Gasteiger partial charge on any atom is -0.365 e. The van der Waals surface area contributed by atoms with Crippen molar-refractivity contribution < 1.29 is 4.79 Å². The summed E-state index contributed by atoms with van der Waals surface area (Å²) in [6, 6.07) is 5.44. The lowest BCUT2D eigenvalue weighted by molar-refractivity contribution is -0.114. The van der Waals surface area contributed by atoms with Crippen LogP contribution in [0.25, 0.3) is 28.5 Å². The van der Waals surface area contributed by atoms with E-state index in [4.69, 9.17) is 11.0 Å². The van der Waals surface area contributed by atoms with Gasteiger partial charge in [-0.05, 0) is 18.2 Å². The van der Waals surface area contributed by atoms with Crippen LogP contribution in [-0.4, -0.2) is 25.8 Å². The second-order valence-corrected chi connectivity index (χ2v) is 4.47. The van der Waals surface area contributed by atoms with E-state index in [1.54, 1.807) is 36.9 Å². The molecule has 22 heavy (non-hydrogen) atoms. The zero-order valence-corrected chi connectivity index (χ0v) is 11.3. The molecule has 3 aromatic rings. The SMILES string of the molecule is N#CC(=Cc1c[nH]c2ncc(-c3cccnc3)nc12)C(N)=O. The molecule has 7 heteroatoms. The number of nitriles is 1. The number of aromatic nitrogens is 4. The molecule has 0 radical (unpaired) electrons. The van der Waals surface area contributed by atoms with Crippen LogP contribution in [0.1, 0.15) is 5.56 Å². The van der Waals surface area contributed by atoms with Crippen molar-refractivity contribution in [3.05, 3.63) is 48.1 Å². The van der Waals surface area contributed by atoms with Gasteiger partial charge in [-0.2, -0.15) is 5.26 Å². The zero-order chi connectivity index (χ0) is 15.5. The standard InChI is InChI=1S/C15H10N6O/c16-5-10(14(17)22)4-11-7-19-15-13(11)21-12(8-20-15)9-2-1-3-18-6-9/h1-4,6-8H,(H2,17,22)(H,19,20). The van der Waals surface area contributed by atoms with E-state index in [0.29, 0.717) is 22.4 Å². The Morgan fingerprint density at radius 1 is 1.41 bits per heavy atom. The van der Waals surface area contributed by atoms with Crippen LogP contribution in [0, 0.1) is 11.3 Å². The van der Waals surface area contributed by atoms with E-state index in [1.165, 1.54) is 6.08 Å². The number of pyridine rings is 1. The van der Waals surface area contributed by atoms with Crippen LogP contribution in [0.2, 0.25) is 0 Å². The Morgan fingerprint density at radius 3 is 2.95 bits per heavy atom. The molecule has 0 aliphatic heterocycles. The third kappa shape index (κ3) is 2.41. The molecular formula is C15H10N6O. The fourth-order valence-electron chi connectivity index (χ4n) is 1.99. The van der Waals surface area contributed by atoms with Gasteiger partial charge in [0.1, 0.15) is 17.2 Å². The largest absolute Gasteiger partial charge is 0.365 e. The van der Waals surface area contributed by atoms with E-state index in [9.17, 15) is 4.79 Å². The molecule has 0 aromatic carbocycles. The van der Waals surface area contributed by atoms with Crippen molar-refractivity contribution in [2.45, 2.75) is 0 Å². The molecule has 7 nitrogen and oxygen atoms in total. The number of rotatable bonds is 3. The highest BCUT2D eigenvalue weighted by molar-refractivity contribution is 6.02. The summed E-state index contributed by atoms with van der Waals surface area (Å²) in [6.45, 7) is 0. The Labute approximate surface area is 125 Å². The number of H-pyrrole nitrogens is 1. The lowest BCUT2D eigenvalue weighted by atomic mass is 10.1. The second kappa shape index (κ2) is 5.46. The average molecular weight is 290 g/mol. The smallest absolute Gasteiger partial charge is 0.259 e. The molecule has 3 aromatic heterocycles. The van der Waals surface area contributed by atoms with Gasteiger partial charge < -0.3 is 10.7 Å². The van der Waals surface area contributed by atoms with E-state index < -0.39 is 5.91 Å². The fraction of sp³-hybridized carbons (Fsp3) is 0. The molecular weight excluding hydrogens is 280 g/mol. The number of carbonyl (C=O) groups excluding carboxylic acids is 1. The van der Waals surface area contributed by atoms with Crippen LogP contribution in [0.4, 0.5) is 0 Å². The summed E-state index contributed by atoms with van der Waals surface area (Å²) in [5.41, 5.74) is 8.15. The van der Waals surface area contributed by atoms with Gasteiger partial charge in [-0.3, -0.25) is 9.78 Å². The van der Waals surface area contributed by atoms with E-state index in [2.05, 4.69) is 19.9 Å². The highest BCUT2D eigenvalue weighted by Gasteiger charge is 2.10. The number of amides is 1. The number of carbonyl (C=O) groups is 1. The van der Waals surface area contributed by atoms with Crippen molar-refractivity contribution in [3.63, 3.8) is 0 Å². The summed E-state index contributed by atoms with van der Waals surface area (Å²) in [5.74, 6) is -0.784. The molecule has 3 N–H and O–H groups in total. The first kappa shape index (κ1) is 13.5. The van der Waals surface area contributed by atoms with Crippen molar-refractivity contribution in [3.8, 4) is 17.3 Å². The number of nitrogens with two attached hydrogens (primary N) is 1. The minimum atomic E-state index is -0.784. The first-order chi connectivity index (χ1) is 10.7. The topological polar surface area (TPSA) is 121 Å². The quantitative estimate of drug-likeness (QED) is 0.558. The summed E-state index contributed by atoms with van der Waals surface area (Å²) in [6.07, 6.45) is 8.00. The number of nitrogens with one attached hydrogen (secondary N) is 1. The molecule has 3 rings (SSSR count). The monoisotopic (exact) mass is 290 g/mol. The van der Waals surface area contributed by atoms with Gasteiger partial charge in [0.15, 0.2) is 5.65 Å². The molecule has 0 saturated heterocycles. The van der Waals surface area contributed by atoms with Crippen LogP contribution < -0.4 is 5.73 Å². The summed E-state index contributed by atoms with van der Waals surface area (Å²) in [7, 11) is 0. The predicted octanol–water partition coefficient (Wildman–Crippen LogP) is 1.41. The molecule has 0 aliphatic carbocycles. The normalized spacial score (nSPS) is 11.3. The summed E-state index contributed by atoms with van der Waals surface area (Å²) in [4.78, 5) is 26.9. The Hall–Kier alpha value is -3.53. The Kier molecular flexibility index (Phi) is 3.34. The van der Waals surface area contributed by atoms with Crippen molar-refractivity contribution in [1.82, 2.24) is 19.9 Å². The maximum atomic E-state index is 11.2. The summed E-state index contributed by atoms with van der Waals surface area (Å²) >= 11 is 0. The van der Waals surface area contributed by atoms with Crippen molar-refractivity contribution in [2.24, 2.45) is 5.73 Å². The zero-order valence-electron chi connectivity index (χ0n) is 11.3. The summed E-state index contributed by atoms with van der Waals surface area (Å²) < 4.78 is 0. The highest BCUT2D eigenvalue weighted by atomic mass is 16.1. The summed E-state index contributed by atoms with van der Waals surface area (Å²) in [5, 5.41) is 8.93. The first-order valence-electron chi connectivity index (χ1n) is 6.35. The van der Waals surface area contributed by atoms with Crippen LogP contribution >= 0.6 is 0 Å². The lowest BCUT2D eigenvalue weighted by Crippen LogP contribution is -2.12. The van der Waals surface area contributed by atoms with Crippen LogP contribution in [0.5, 0.6) is 0 Å². The van der Waals surface area contributed by atoms with Gasteiger partial charge in [0, 0.05) is 29.7 Å². The molecule has 3 heterocycles. The Morgan fingerprint density at radius 2 is 2.27 bits per heavy atom. The fourth-order valence-corrected chi connectivity index (χ4v) is 1.99. The molecule has 0 unspecified atom stereocenters. The van der Waals surface area contributed by atoms with Gasteiger partial charge in [0.2, 0.25) is 0 Å². The predicted molar refractivity (Wildman–Crippen MR) is 79.9 cm³/mol. The maximum Gasteiger partial charge on any atom is 0.259 e. The van der Waals surface area contributed by atoms with Crippen molar-refractivity contribution >= 4 is 23.1 Å². The third-order valence-electron chi connectivity index (χ3n) is 3.05. The van der Waals surface area contributed by atoms with Gasteiger partial charge in [0.05, 0.1) is 11.9 Å². The van der Waals surface area contributed by atoms with Gasteiger partial charge in [0.25, 0.3) is 5.91 Å². The number of aromatic amines is 1. The molecule has 0 atom stereocenters. The molecule has 0 spiro atoms. The number of hydrogen-bond acceptors (Lipinski definition) is 5. The van der Waals surface area contributed by atoms with Gasteiger partial charge in [-0.15, -0.1) is 0 Å². The van der Waals surface area contributed by atoms with Crippen LogP contribution in [0.15, 0.2) is 42.5 Å². The number of hydrogen-bond donors (Lipinski definition) is 2. The van der Waals surface area contributed by atoms with Gasteiger partial charge >= 0.3 is 0 Å². The molecule has 0 bridgehead atoms. The van der Waals surface area contributed by atoms with E-state index in [1.807, 2.05) is 6.07 Å². The van der Waals surface area contributed by atoms with E-state index in [-0.39, 0.29) is 5.57 Å². The van der Waals surface area contributed by atoms with Crippen molar-refractivity contribution in [2.75, 3.05) is 0 Å². The molecule has 0 aliphatic rings. The lowest BCUT2D eigenvalue weighted by Gasteiger charge is -2.00. The van der Waals surface area contributed by atoms with Crippen LogP contribution in [-0.2, 0) is 4.79 Å². The highest BCUT2D eigenvalue weighted by Crippen LogP contribution is 2.21. The number of primary amides is 1. The Balaban J connectivity index is 2.14. The average Bonchev–Trinajstić information content (AvgIpc) is 2.95. The van der Waals surface area contributed by atoms with Crippen molar-refractivity contribution in [1.29, 1.82) is 5.26 Å². The molecule has 106 valence electrons. The number of nitrogens with zero attached hydrogens (tertiary/aromatic N) is 4. The molecule has 0 saturated carbocycles. The third-order valence-corrected chi connectivity index (χ3v) is 3.05. The maximum absolute atomic E-state index is 11.2. The first-order valence-corrected chi connectivity index (χ1v) is 6.35. The van der Waals surface area contributed by atoms with Gasteiger partial charge in [-0.25, -0.2) is 9.97 Å². The van der Waals surface area contributed by atoms with Crippen LogP contribution in [0.3, 0.4) is 0 Å². The number of fused-ring (bicyclic) bond motifs is 1. The minimum absolute atomic E-state index is 0.144. The van der Waals surface area contributed by atoms with E-state index in [0.717, 1.165) is 5.56 Å².